The molecule has 1 saturated heterocycles. The van der Waals surface area contributed by atoms with Crippen LogP contribution in [0.2, 0.25) is 0 Å². The number of aliphatic hydroxyl groups is 1. The fraction of sp³-hybridized carbons (Fsp3) is 0.429. The number of piperidine rings is 1. The Labute approximate surface area is 219 Å². The van der Waals surface area contributed by atoms with E-state index < -0.39 is 18.2 Å². The molecule has 1 aliphatic carbocycles. The average molecular weight is 520 g/mol. The maximum absolute atomic E-state index is 13.3. The molecule has 0 radical (unpaired) electrons. The normalized spacial score (nSPS) is 19.5. The van der Waals surface area contributed by atoms with Crippen molar-refractivity contribution in [1.29, 1.82) is 0 Å². The predicted molar refractivity (Wildman–Crippen MR) is 144 cm³/mol. The summed E-state index contributed by atoms with van der Waals surface area (Å²) in [5.74, 6) is 0.0382. The largest absolute Gasteiger partial charge is 0.391 e. The van der Waals surface area contributed by atoms with Crippen molar-refractivity contribution in [1.82, 2.24) is 19.4 Å². The average Bonchev–Trinajstić information content (AvgIpc) is 3.73. The van der Waals surface area contributed by atoms with Crippen LogP contribution >= 0.6 is 0 Å². The second kappa shape index (κ2) is 10.4. The molecule has 10 heteroatoms. The zero-order chi connectivity index (χ0) is 27.0. The summed E-state index contributed by atoms with van der Waals surface area (Å²) in [6.45, 7) is 4.67. The summed E-state index contributed by atoms with van der Waals surface area (Å²) in [7, 11) is 0. The lowest BCUT2D eigenvalue weighted by molar-refractivity contribution is 0.0549. The van der Waals surface area contributed by atoms with Crippen molar-refractivity contribution in [3.63, 3.8) is 0 Å². The first-order valence-corrected chi connectivity index (χ1v) is 13.1. The van der Waals surface area contributed by atoms with Crippen LogP contribution in [-0.4, -0.2) is 56.3 Å². The zero-order valence-corrected chi connectivity index (χ0v) is 21.6. The number of hydrogen-bond donors (Lipinski definition) is 3. The number of likely N-dealkylation sites (tertiary alicyclic amines) is 1. The summed E-state index contributed by atoms with van der Waals surface area (Å²) >= 11 is 0. The molecule has 2 atom stereocenters. The van der Waals surface area contributed by atoms with E-state index in [4.69, 9.17) is 0 Å². The number of urea groups is 1. The number of nitrogens with zero attached hydrogens (tertiary/aromatic N) is 3. The van der Waals surface area contributed by atoms with E-state index in [0.29, 0.717) is 47.6 Å². The second-order valence-electron chi connectivity index (χ2n) is 10.5. The van der Waals surface area contributed by atoms with Gasteiger partial charge in [0, 0.05) is 36.9 Å². The van der Waals surface area contributed by atoms with Crippen LogP contribution in [0, 0.1) is 5.92 Å². The van der Waals surface area contributed by atoms with Gasteiger partial charge in [-0.15, -0.1) is 0 Å². The third-order valence-electron chi connectivity index (χ3n) is 7.29. The number of amides is 3. The highest BCUT2D eigenvalue weighted by molar-refractivity contribution is 5.95. The van der Waals surface area contributed by atoms with E-state index in [1.54, 1.807) is 47.0 Å². The van der Waals surface area contributed by atoms with Crippen LogP contribution in [0.5, 0.6) is 0 Å². The van der Waals surface area contributed by atoms with Crippen molar-refractivity contribution in [3.05, 3.63) is 74.9 Å². The van der Waals surface area contributed by atoms with E-state index in [9.17, 15) is 24.3 Å². The summed E-state index contributed by atoms with van der Waals surface area (Å²) < 4.78 is 2.94. The maximum Gasteiger partial charge on any atom is 0.331 e. The Hall–Kier alpha value is -3.92. The lowest BCUT2D eigenvalue weighted by Crippen LogP contribution is -2.57. The first-order chi connectivity index (χ1) is 18.2. The minimum absolute atomic E-state index is 0.139. The van der Waals surface area contributed by atoms with Gasteiger partial charge in [0.25, 0.3) is 11.5 Å². The molecule has 38 heavy (non-hydrogen) atoms. The van der Waals surface area contributed by atoms with Crippen LogP contribution in [0.1, 0.15) is 49.5 Å². The summed E-state index contributed by atoms with van der Waals surface area (Å²) in [4.78, 5) is 53.6. The van der Waals surface area contributed by atoms with Crippen molar-refractivity contribution < 1.29 is 14.7 Å². The number of benzene rings is 2. The number of nitrogens with one attached hydrogen (secondary N) is 2. The molecular formula is C28H33N5O5. The Bertz CT molecular complexity index is 1470. The van der Waals surface area contributed by atoms with Crippen molar-refractivity contribution in [2.75, 3.05) is 18.4 Å². The van der Waals surface area contributed by atoms with Crippen LogP contribution in [0.3, 0.4) is 0 Å². The molecule has 0 spiro atoms. The van der Waals surface area contributed by atoms with E-state index in [2.05, 4.69) is 10.6 Å². The monoisotopic (exact) mass is 519 g/mol. The van der Waals surface area contributed by atoms with Gasteiger partial charge in [-0.05, 0) is 69.4 Å². The molecule has 10 nitrogen and oxygen atoms in total. The summed E-state index contributed by atoms with van der Waals surface area (Å²) in [6, 6.07) is 12.5. The van der Waals surface area contributed by atoms with Crippen LogP contribution in [0.25, 0.3) is 10.9 Å². The number of rotatable bonds is 6. The van der Waals surface area contributed by atoms with Crippen molar-refractivity contribution in [3.8, 4) is 0 Å². The minimum atomic E-state index is -0.773. The Balaban J connectivity index is 1.35. The molecule has 2 aliphatic rings. The number of hydrogen-bond acceptors (Lipinski definition) is 5. The molecule has 1 saturated carbocycles. The van der Waals surface area contributed by atoms with E-state index in [-0.39, 0.29) is 29.7 Å². The number of carbonyl (C=O) groups is 2. The predicted octanol–water partition coefficient (Wildman–Crippen LogP) is 2.55. The highest BCUT2D eigenvalue weighted by Gasteiger charge is 2.32. The van der Waals surface area contributed by atoms with Crippen molar-refractivity contribution in [2.45, 2.75) is 57.8 Å². The van der Waals surface area contributed by atoms with Gasteiger partial charge in [0.15, 0.2) is 0 Å². The lowest BCUT2D eigenvalue weighted by Gasteiger charge is -2.36. The molecule has 2 aromatic carbocycles. The third kappa shape index (κ3) is 5.22. The molecule has 3 N–H and O–H groups in total. The Morgan fingerprint density at radius 2 is 1.79 bits per heavy atom. The van der Waals surface area contributed by atoms with Crippen LogP contribution in [0.15, 0.2) is 58.1 Å². The third-order valence-corrected chi connectivity index (χ3v) is 7.29. The molecule has 2 heterocycles. The number of carbonyl (C=O) groups excluding carboxylic acids is 2. The molecular weight excluding hydrogens is 486 g/mol. The number of aliphatic hydroxyl groups excluding tert-OH is 1. The molecule has 200 valence electrons. The summed E-state index contributed by atoms with van der Waals surface area (Å²) in [6.07, 6.45) is 1.57. The summed E-state index contributed by atoms with van der Waals surface area (Å²) in [5.41, 5.74) is 0.781. The van der Waals surface area contributed by atoms with Gasteiger partial charge >= 0.3 is 11.7 Å². The fourth-order valence-corrected chi connectivity index (χ4v) is 4.99. The SMILES string of the molecule is CC(C)n1c(=O)n(CC2CC2)c(=O)c2cc(NC(=O)N3CC[C@@H](O)[C@H](NC(=O)c4ccccc4)C3)ccc21. The number of fused-ring (bicyclic) bond motifs is 1. The van der Waals surface area contributed by atoms with E-state index >= 15 is 0 Å². The Morgan fingerprint density at radius 1 is 1.05 bits per heavy atom. The van der Waals surface area contributed by atoms with E-state index in [1.165, 1.54) is 9.47 Å². The zero-order valence-electron chi connectivity index (χ0n) is 21.6. The minimum Gasteiger partial charge on any atom is -0.391 e. The van der Waals surface area contributed by atoms with Gasteiger partial charge in [0.05, 0.1) is 23.0 Å². The van der Waals surface area contributed by atoms with E-state index in [0.717, 1.165) is 12.8 Å². The highest BCUT2D eigenvalue weighted by atomic mass is 16.3. The molecule has 3 aromatic rings. The Morgan fingerprint density at radius 3 is 2.47 bits per heavy atom. The molecule has 1 aromatic heterocycles. The molecule has 0 bridgehead atoms. The second-order valence-corrected chi connectivity index (χ2v) is 10.5. The standard InChI is InChI=1S/C28H33N5O5/c1-17(2)33-23-11-10-20(14-21(23)26(36)32(28(33)38)15-18-8-9-18)29-27(37)31-13-12-24(34)22(16-31)30-25(35)19-6-4-3-5-7-19/h3-7,10-11,14,17-18,22,24,34H,8-9,12-13,15-16H2,1-2H3,(H,29,37)(H,30,35)/t22-,24-/m1/s1. The topological polar surface area (TPSA) is 126 Å². The van der Waals surface area contributed by atoms with Gasteiger partial charge in [-0.25, -0.2) is 9.59 Å². The first kappa shape index (κ1) is 25.7. The van der Waals surface area contributed by atoms with Crippen LogP contribution in [-0.2, 0) is 6.54 Å². The van der Waals surface area contributed by atoms with Gasteiger partial charge in [-0.3, -0.25) is 18.7 Å². The van der Waals surface area contributed by atoms with Crippen LogP contribution in [0.4, 0.5) is 10.5 Å². The number of anilines is 1. The van der Waals surface area contributed by atoms with Gasteiger partial charge in [0.2, 0.25) is 0 Å². The van der Waals surface area contributed by atoms with Gasteiger partial charge in [-0.2, -0.15) is 0 Å². The molecule has 5 rings (SSSR count). The van der Waals surface area contributed by atoms with Gasteiger partial charge in [-0.1, -0.05) is 18.2 Å². The van der Waals surface area contributed by atoms with Gasteiger partial charge < -0.3 is 20.6 Å². The number of aromatic nitrogens is 2. The molecule has 2 fully saturated rings. The molecule has 0 unspecified atom stereocenters. The maximum atomic E-state index is 13.3. The molecule has 1 aliphatic heterocycles. The quantitative estimate of drug-likeness (QED) is 0.462. The lowest BCUT2D eigenvalue weighted by atomic mass is 10.0. The van der Waals surface area contributed by atoms with E-state index in [1.807, 2.05) is 19.9 Å². The summed E-state index contributed by atoms with van der Waals surface area (Å²) in [5, 5.41) is 16.5. The first-order valence-electron chi connectivity index (χ1n) is 13.1. The van der Waals surface area contributed by atoms with Crippen molar-refractivity contribution >= 4 is 28.5 Å². The highest BCUT2D eigenvalue weighted by Crippen LogP contribution is 2.30. The van der Waals surface area contributed by atoms with Crippen LogP contribution < -0.4 is 21.9 Å². The molecule has 3 amide bonds. The smallest absolute Gasteiger partial charge is 0.331 e. The van der Waals surface area contributed by atoms with Gasteiger partial charge in [0.1, 0.15) is 0 Å². The fourth-order valence-electron chi connectivity index (χ4n) is 4.99. The Kier molecular flexibility index (Phi) is 7.07. The van der Waals surface area contributed by atoms with Crippen molar-refractivity contribution in [2.24, 2.45) is 5.92 Å².